The number of nitrogens with one attached hydrogen (secondary N) is 1. The third-order valence-electron chi connectivity index (χ3n) is 5.92. The molecule has 0 fully saturated rings. The van der Waals surface area contributed by atoms with Gasteiger partial charge >= 0.3 is 0 Å². The lowest BCUT2D eigenvalue weighted by Crippen LogP contribution is -2.29. The first-order valence-electron chi connectivity index (χ1n) is 11.6. The largest absolute Gasteiger partial charge is 0.320 e. The van der Waals surface area contributed by atoms with Crippen LogP contribution in [0.3, 0.4) is 0 Å². The molecule has 2 heterocycles. The van der Waals surface area contributed by atoms with Crippen LogP contribution in [0.15, 0.2) is 78.0 Å². The van der Waals surface area contributed by atoms with Crippen LogP contribution in [-0.2, 0) is 11.3 Å². The van der Waals surface area contributed by atoms with Gasteiger partial charge in [-0.3, -0.25) is 24.5 Å². The highest BCUT2D eigenvalue weighted by Gasteiger charge is 2.36. The summed E-state index contributed by atoms with van der Waals surface area (Å²) >= 11 is 1.16. The van der Waals surface area contributed by atoms with E-state index < -0.39 is 10.8 Å². The highest BCUT2D eigenvalue weighted by atomic mass is 32.2. The zero-order chi connectivity index (χ0) is 26.8. The number of carbonyl (C=O) groups excluding carboxylic acids is 3. The molecule has 3 amide bonds. The van der Waals surface area contributed by atoms with Crippen molar-refractivity contribution in [2.75, 3.05) is 16.0 Å². The molecule has 1 aromatic heterocycles. The van der Waals surface area contributed by atoms with Gasteiger partial charge in [-0.2, -0.15) is 0 Å². The van der Waals surface area contributed by atoms with Crippen molar-refractivity contribution in [1.82, 2.24) is 14.8 Å². The highest BCUT2D eigenvalue weighted by Crippen LogP contribution is 2.31. The van der Waals surface area contributed by atoms with Gasteiger partial charge in [0.15, 0.2) is 11.0 Å². The second-order valence-electron chi connectivity index (χ2n) is 8.20. The molecule has 0 saturated carbocycles. The lowest BCUT2D eigenvalue weighted by atomic mass is 10.1. The van der Waals surface area contributed by atoms with Crippen LogP contribution >= 0.6 is 11.8 Å². The lowest BCUT2D eigenvalue weighted by molar-refractivity contribution is -0.383. The van der Waals surface area contributed by atoms with Crippen LogP contribution < -0.4 is 10.2 Å². The van der Waals surface area contributed by atoms with Crippen molar-refractivity contribution in [1.29, 1.82) is 0 Å². The van der Waals surface area contributed by atoms with Crippen LogP contribution in [0.25, 0.3) is 11.4 Å². The Balaban J connectivity index is 1.30. The van der Waals surface area contributed by atoms with E-state index in [1.807, 2.05) is 11.5 Å². The summed E-state index contributed by atoms with van der Waals surface area (Å²) in [6, 6.07) is 19.5. The van der Waals surface area contributed by atoms with Gasteiger partial charge in [0.05, 0.1) is 27.5 Å². The Labute approximate surface area is 220 Å². The Morgan fingerprint density at radius 2 is 1.58 bits per heavy atom. The Morgan fingerprint density at radius 1 is 0.947 bits per heavy atom. The zero-order valence-corrected chi connectivity index (χ0v) is 20.8. The number of aromatic nitrogens is 3. The number of amides is 3. The summed E-state index contributed by atoms with van der Waals surface area (Å²) in [5, 5.41) is 22.7. The zero-order valence-electron chi connectivity index (χ0n) is 20.0. The Morgan fingerprint density at radius 3 is 2.21 bits per heavy atom. The molecule has 12 heteroatoms. The third-order valence-corrected chi connectivity index (χ3v) is 6.88. The number of hydrogen-bond donors (Lipinski definition) is 1. The fraction of sp³-hybridized carbons (Fsp3) is 0.115. The molecular weight excluding hydrogens is 508 g/mol. The number of thioether (sulfide) groups is 1. The van der Waals surface area contributed by atoms with E-state index in [-0.39, 0.29) is 28.9 Å². The first kappa shape index (κ1) is 24.8. The quantitative estimate of drug-likeness (QED) is 0.154. The van der Waals surface area contributed by atoms with Crippen molar-refractivity contribution >= 4 is 46.5 Å². The molecule has 0 radical (unpaired) electrons. The Kier molecular flexibility index (Phi) is 6.71. The predicted octanol–water partition coefficient (Wildman–Crippen LogP) is 4.40. The number of anilines is 2. The summed E-state index contributed by atoms with van der Waals surface area (Å²) in [6.07, 6.45) is 0. The second-order valence-corrected chi connectivity index (χ2v) is 9.14. The minimum atomic E-state index is -0.553. The molecule has 38 heavy (non-hydrogen) atoms. The topological polar surface area (TPSA) is 140 Å². The van der Waals surface area contributed by atoms with Crippen LogP contribution in [0.4, 0.5) is 17.1 Å². The lowest BCUT2D eigenvalue weighted by Gasteiger charge is -2.14. The summed E-state index contributed by atoms with van der Waals surface area (Å²) in [4.78, 5) is 49.8. The van der Waals surface area contributed by atoms with E-state index in [4.69, 9.17) is 0 Å². The van der Waals surface area contributed by atoms with Crippen molar-refractivity contribution in [2.24, 2.45) is 0 Å². The first-order valence-corrected chi connectivity index (χ1v) is 12.5. The molecule has 0 atom stereocenters. The van der Waals surface area contributed by atoms with Gasteiger partial charge in [-0.15, -0.1) is 10.2 Å². The van der Waals surface area contributed by atoms with Crippen LogP contribution in [0.5, 0.6) is 0 Å². The molecule has 1 aliphatic rings. The molecule has 1 aliphatic heterocycles. The maximum absolute atomic E-state index is 12.8. The number of imide groups is 1. The van der Waals surface area contributed by atoms with E-state index in [1.165, 1.54) is 18.2 Å². The van der Waals surface area contributed by atoms with Crippen LogP contribution in [0, 0.1) is 10.1 Å². The van der Waals surface area contributed by atoms with Crippen LogP contribution in [0.2, 0.25) is 0 Å². The first-order chi connectivity index (χ1) is 18.4. The molecule has 5 rings (SSSR count). The van der Waals surface area contributed by atoms with Gasteiger partial charge in [0.25, 0.3) is 17.5 Å². The fourth-order valence-electron chi connectivity index (χ4n) is 4.13. The molecule has 190 valence electrons. The summed E-state index contributed by atoms with van der Waals surface area (Å²) in [7, 11) is 0. The number of nitro benzene ring substituents is 1. The third kappa shape index (κ3) is 4.52. The van der Waals surface area contributed by atoms with E-state index in [1.54, 1.807) is 54.6 Å². The minimum absolute atomic E-state index is 0.0249. The van der Waals surface area contributed by atoms with Gasteiger partial charge in [0.1, 0.15) is 5.69 Å². The van der Waals surface area contributed by atoms with Gasteiger partial charge < -0.3 is 9.88 Å². The monoisotopic (exact) mass is 528 g/mol. The van der Waals surface area contributed by atoms with Crippen molar-refractivity contribution in [3.63, 3.8) is 0 Å². The number of fused-ring (bicyclic) bond motifs is 1. The second kappa shape index (κ2) is 10.3. The predicted molar refractivity (Wildman–Crippen MR) is 141 cm³/mol. The molecule has 0 saturated heterocycles. The average Bonchev–Trinajstić information content (AvgIpc) is 3.46. The minimum Gasteiger partial charge on any atom is -0.320 e. The molecule has 11 nitrogen and oxygen atoms in total. The highest BCUT2D eigenvalue weighted by molar-refractivity contribution is 7.99. The number of hydrogen-bond acceptors (Lipinski definition) is 8. The summed E-state index contributed by atoms with van der Waals surface area (Å²) in [5.41, 5.74) is 1.85. The number of rotatable bonds is 8. The molecule has 1 N–H and O–H groups in total. The SMILES string of the molecule is CCn1c(SCC(=O)Nc2ccccc2[N+](=O)[O-])nnc1-c1ccc(N2C(=O)c3ccccc3C2=O)cc1. The average molecular weight is 529 g/mol. The summed E-state index contributed by atoms with van der Waals surface area (Å²) < 4.78 is 1.83. The number of benzene rings is 3. The van der Waals surface area contributed by atoms with Crippen molar-refractivity contribution < 1.29 is 19.3 Å². The van der Waals surface area contributed by atoms with E-state index >= 15 is 0 Å². The number of para-hydroxylation sites is 2. The molecule has 0 bridgehead atoms. The van der Waals surface area contributed by atoms with Crippen molar-refractivity contribution in [3.8, 4) is 11.4 Å². The van der Waals surface area contributed by atoms with Crippen LogP contribution in [0.1, 0.15) is 27.6 Å². The summed E-state index contributed by atoms with van der Waals surface area (Å²) in [6.45, 7) is 2.44. The van der Waals surface area contributed by atoms with Crippen molar-refractivity contribution in [2.45, 2.75) is 18.6 Å². The molecule has 0 spiro atoms. The fourth-order valence-corrected chi connectivity index (χ4v) is 4.93. The van der Waals surface area contributed by atoms with E-state index in [2.05, 4.69) is 15.5 Å². The summed E-state index contributed by atoms with van der Waals surface area (Å²) in [5.74, 6) is -0.617. The van der Waals surface area contributed by atoms with E-state index in [9.17, 15) is 24.5 Å². The van der Waals surface area contributed by atoms with Crippen molar-refractivity contribution in [3.05, 3.63) is 94.0 Å². The molecular formula is C26H20N6O5S. The van der Waals surface area contributed by atoms with Gasteiger partial charge in [0, 0.05) is 18.2 Å². The van der Waals surface area contributed by atoms with E-state index in [0.717, 1.165) is 22.2 Å². The number of nitrogens with zero attached hydrogens (tertiary/aromatic N) is 5. The molecule has 3 aromatic carbocycles. The number of carbonyl (C=O) groups is 3. The molecule has 0 unspecified atom stereocenters. The molecule has 4 aromatic rings. The van der Waals surface area contributed by atoms with Gasteiger partial charge in [0.2, 0.25) is 5.91 Å². The standard InChI is InChI=1S/C26H20N6O5S/c1-2-30-23(28-29-26(30)38-15-22(33)27-20-9-5-6-10-21(20)32(36)37)16-11-13-17(14-12-16)31-24(34)18-7-3-4-8-19(18)25(31)35/h3-14H,2,15H2,1H3,(H,27,33). The maximum atomic E-state index is 12.8. The number of nitro groups is 1. The normalized spacial score (nSPS) is 12.5. The van der Waals surface area contributed by atoms with Gasteiger partial charge in [-0.25, -0.2) is 4.90 Å². The molecule has 0 aliphatic carbocycles. The van der Waals surface area contributed by atoms with E-state index in [0.29, 0.717) is 34.3 Å². The van der Waals surface area contributed by atoms with Gasteiger partial charge in [-0.1, -0.05) is 36.0 Å². The van der Waals surface area contributed by atoms with Crippen LogP contribution in [-0.4, -0.2) is 43.2 Å². The smallest absolute Gasteiger partial charge is 0.292 e. The Bertz CT molecular complexity index is 1550. The Hall–Kier alpha value is -4.84. The maximum Gasteiger partial charge on any atom is 0.292 e. The van der Waals surface area contributed by atoms with Gasteiger partial charge in [-0.05, 0) is 49.4 Å².